The van der Waals surface area contributed by atoms with Gasteiger partial charge in [-0.15, -0.1) is 0 Å². The van der Waals surface area contributed by atoms with Crippen molar-refractivity contribution in [3.05, 3.63) is 0 Å². The number of rotatable bonds is 3. The quantitative estimate of drug-likeness (QED) is 0.630. The third kappa shape index (κ3) is 1.55. The average molecular weight is 166 g/mol. The molecule has 0 bridgehead atoms. The first-order valence-electron chi connectivity index (χ1n) is 5.35. The van der Waals surface area contributed by atoms with E-state index in [2.05, 4.69) is 6.92 Å². The van der Waals surface area contributed by atoms with Crippen LogP contribution in [0.15, 0.2) is 0 Å². The molecule has 1 heteroatoms. The molecule has 2 aliphatic carbocycles. The number of hydrogen-bond donors (Lipinski definition) is 0. The highest BCUT2D eigenvalue weighted by atomic mass is 16.1. The molecular formula is C11H18O. The largest absolute Gasteiger partial charge is 0.299 e. The Labute approximate surface area is 74.5 Å². The Morgan fingerprint density at radius 3 is 2.33 bits per heavy atom. The van der Waals surface area contributed by atoms with E-state index in [1.807, 2.05) is 0 Å². The number of ketones is 1. The summed E-state index contributed by atoms with van der Waals surface area (Å²) in [6.45, 7) is 2.24. The summed E-state index contributed by atoms with van der Waals surface area (Å²) in [6.07, 6.45) is 7.34. The van der Waals surface area contributed by atoms with Crippen molar-refractivity contribution in [2.45, 2.75) is 45.4 Å². The highest BCUT2D eigenvalue weighted by molar-refractivity contribution is 5.85. The zero-order chi connectivity index (χ0) is 8.55. The van der Waals surface area contributed by atoms with E-state index in [1.54, 1.807) is 0 Å². The Hall–Kier alpha value is -0.330. The van der Waals surface area contributed by atoms with Crippen LogP contribution in [0.2, 0.25) is 0 Å². The Balaban J connectivity index is 1.85. The van der Waals surface area contributed by atoms with Crippen LogP contribution >= 0.6 is 0 Å². The third-order valence-corrected chi connectivity index (χ3v) is 3.50. The van der Waals surface area contributed by atoms with Crippen molar-refractivity contribution in [2.75, 3.05) is 0 Å². The van der Waals surface area contributed by atoms with Crippen LogP contribution < -0.4 is 0 Å². The Bertz CT molecular complexity index is 181. The van der Waals surface area contributed by atoms with Crippen LogP contribution in [0.25, 0.3) is 0 Å². The predicted octanol–water partition coefficient (Wildman–Crippen LogP) is 2.79. The molecule has 1 nitrogen and oxygen atoms in total. The summed E-state index contributed by atoms with van der Waals surface area (Å²) in [5.41, 5.74) is 0. The van der Waals surface area contributed by atoms with E-state index in [4.69, 9.17) is 0 Å². The minimum Gasteiger partial charge on any atom is -0.299 e. The third-order valence-electron chi connectivity index (χ3n) is 3.50. The van der Waals surface area contributed by atoms with Crippen LogP contribution in [0.3, 0.4) is 0 Å². The van der Waals surface area contributed by atoms with E-state index in [-0.39, 0.29) is 0 Å². The van der Waals surface area contributed by atoms with E-state index in [1.165, 1.54) is 38.5 Å². The number of carbonyl (C=O) groups is 1. The molecule has 0 aromatic rings. The first-order valence-corrected chi connectivity index (χ1v) is 5.35. The number of hydrogen-bond acceptors (Lipinski definition) is 1. The van der Waals surface area contributed by atoms with Crippen LogP contribution in [0, 0.1) is 17.8 Å². The van der Waals surface area contributed by atoms with Crippen molar-refractivity contribution >= 4 is 5.78 Å². The van der Waals surface area contributed by atoms with Crippen molar-refractivity contribution in [2.24, 2.45) is 17.8 Å². The monoisotopic (exact) mass is 166 g/mol. The number of carbonyl (C=O) groups excluding carboxylic acids is 1. The van der Waals surface area contributed by atoms with E-state index in [0.29, 0.717) is 17.6 Å². The van der Waals surface area contributed by atoms with Gasteiger partial charge in [0.2, 0.25) is 0 Å². The molecule has 2 unspecified atom stereocenters. The van der Waals surface area contributed by atoms with Crippen molar-refractivity contribution in [1.82, 2.24) is 0 Å². The molecule has 2 atom stereocenters. The van der Waals surface area contributed by atoms with Gasteiger partial charge in [-0.1, -0.05) is 13.3 Å². The van der Waals surface area contributed by atoms with Gasteiger partial charge in [0.1, 0.15) is 5.78 Å². The first-order chi connectivity index (χ1) is 5.81. The molecule has 0 radical (unpaired) electrons. The van der Waals surface area contributed by atoms with Crippen molar-refractivity contribution < 1.29 is 4.79 Å². The second kappa shape index (κ2) is 3.20. The fourth-order valence-corrected chi connectivity index (χ4v) is 2.41. The van der Waals surface area contributed by atoms with Gasteiger partial charge in [-0.05, 0) is 38.0 Å². The van der Waals surface area contributed by atoms with Crippen molar-refractivity contribution in [3.63, 3.8) is 0 Å². The lowest BCUT2D eigenvalue weighted by Gasteiger charge is -2.07. The lowest BCUT2D eigenvalue weighted by Crippen LogP contribution is -2.12. The molecule has 68 valence electrons. The molecule has 2 saturated carbocycles. The minimum absolute atomic E-state index is 0.461. The van der Waals surface area contributed by atoms with Crippen LogP contribution in [-0.2, 0) is 4.79 Å². The molecule has 2 aliphatic rings. The molecule has 0 spiro atoms. The Morgan fingerprint density at radius 1 is 1.17 bits per heavy atom. The predicted molar refractivity (Wildman–Crippen MR) is 48.9 cm³/mol. The van der Waals surface area contributed by atoms with Gasteiger partial charge in [-0.3, -0.25) is 4.79 Å². The fraction of sp³-hybridized carbons (Fsp3) is 0.909. The Kier molecular flexibility index (Phi) is 2.20. The summed E-state index contributed by atoms with van der Waals surface area (Å²) in [6, 6.07) is 0. The van der Waals surface area contributed by atoms with Crippen molar-refractivity contribution in [1.29, 1.82) is 0 Å². The van der Waals surface area contributed by atoms with E-state index < -0.39 is 0 Å². The maximum atomic E-state index is 11.7. The first kappa shape index (κ1) is 8.28. The van der Waals surface area contributed by atoms with Gasteiger partial charge in [0.15, 0.2) is 0 Å². The molecule has 0 N–H and O–H groups in total. The van der Waals surface area contributed by atoms with Crippen LogP contribution in [-0.4, -0.2) is 5.78 Å². The van der Waals surface area contributed by atoms with Crippen LogP contribution in [0.5, 0.6) is 0 Å². The molecule has 0 amide bonds. The molecule has 0 aliphatic heterocycles. The van der Waals surface area contributed by atoms with Gasteiger partial charge in [-0.2, -0.15) is 0 Å². The average Bonchev–Trinajstić information content (AvgIpc) is 2.82. The molecule has 0 aromatic heterocycles. The van der Waals surface area contributed by atoms with E-state index in [9.17, 15) is 4.79 Å². The standard InChI is InChI=1S/C11H18O/c1-2-8-3-4-10(7-8)11(12)9-5-6-9/h8-10H,2-7H2,1H3. The van der Waals surface area contributed by atoms with Gasteiger partial charge in [0.25, 0.3) is 0 Å². The summed E-state index contributed by atoms with van der Waals surface area (Å²) in [5, 5.41) is 0. The highest BCUT2D eigenvalue weighted by Gasteiger charge is 2.37. The molecule has 0 saturated heterocycles. The summed E-state index contributed by atoms with van der Waals surface area (Å²) in [7, 11) is 0. The summed E-state index contributed by atoms with van der Waals surface area (Å²) >= 11 is 0. The van der Waals surface area contributed by atoms with Gasteiger partial charge in [0.05, 0.1) is 0 Å². The van der Waals surface area contributed by atoms with Gasteiger partial charge in [0, 0.05) is 11.8 Å². The smallest absolute Gasteiger partial charge is 0.139 e. The van der Waals surface area contributed by atoms with Crippen LogP contribution in [0.4, 0.5) is 0 Å². The number of Topliss-reactive ketones (excluding diaryl/α,β-unsaturated/α-hetero) is 1. The zero-order valence-corrected chi connectivity index (χ0v) is 7.88. The highest BCUT2D eigenvalue weighted by Crippen LogP contribution is 2.40. The molecule has 2 rings (SSSR count). The molecule has 0 aromatic carbocycles. The lowest BCUT2D eigenvalue weighted by molar-refractivity contribution is -0.124. The van der Waals surface area contributed by atoms with Crippen molar-refractivity contribution in [3.8, 4) is 0 Å². The molecule has 12 heavy (non-hydrogen) atoms. The summed E-state index contributed by atoms with van der Waals surface area (Å²) < 4.78 is 0. The van der Waals surface area contributed by atoms with E-state index in [0.717, 1.165) is 5.92 Å². The van der Waals surface area contributed by atoms with Gasteiger partial charge < -0.3 is 0 Å². The van der Waals surface area contributed by atoms with Gasteiger partial charge in [-0.25, -0.2) is 0 Å². The molecular weight excluding hydrogens is 148 g/mol. The Morgan fingerprint density at radius 2 is 1.83 bits per heavy atom. The fourth-order valence-electron chi connectivity index (χ4n) is 2.41. The lowest BCUT2D eigenvalue weighted by atomic mass is 9.97. The SMILES string of the molecule is CCC1CCC(C(=O)C2CC2)C1. The van der Waals surface area contributed by atoms with Crippen LogP contribution in [0.1, 0.15) is 45.4 Å². The zero-order valence-electron chi connectivity index (χ0n) is 7.88. The summed E-state index contributed by atoms with van der Waals surface area (Å²) in [5.74, 6) is 2.41. The molecule has 0 heterocycles. The summed E-state index contributed by atoms with van der Waals surface area (Å²) in [4.78, 5) is 11.7. The topological polar surface area (TPSA) is 17.1 Å². The second-order valence-corrected chi connectivity index (χ2v) is 4.46. The minimum atomic E-state index is 0.461. The van der Waals surface area contributed by atoms with E-state index >= 15 is 0 Å². The maximum absolute atomic E-state index is 11.7. The molecule has 2 fully saturated rings. The second-order valence-electron chi connectivity index (χ2n) is 4.46. The maximum Gasteiger partial charge on any atom is 0.139 e. The normalized spacial score (nSPS) is 35.4. The van der Waals surface area contributed by atoms with Gasteiger partial charge >= 0.3 is 0 Å².